The summed E-state index contributed by atoms with van der Waals surface area (Å²) in [6, 6.07) is 29.6. The molecule has 1 fully saturated rings. The molecule has 1 saturated heterocycles. The highest BCUT2D eigenvalue weighted by molar-refractivity contribution is 7.99. The Balaban J connectivity index is 1.56. The van der Waals surface area contributed by atoms with Gasteiger partial charge >= 0.3 is 0 Å². The molecule has 3 aromatic carbocycles. The van der Waals surface area contributed by atoms with Crippen LogP contribution in [0.25, 0.3) is 0 Å². The molecule has 6 heteroatoms. The fourth-order valence-electron chi connectivity index (χ4n) is 3.67. The molecule has 5 atom stereocenters. The van der Waals surface area contributed by atoms with E-state index in [1.807, 2.05) is 91.0 Å². The Kier molecular flexibility index (Phi) is 8.34. The molecule has 168 valence electrons. The average Bonchev–Trinajstić information content (AvgIpc) is 2.85. The second kappa shape index (κ2) is 11.6. The van der Waals surface area contributed by atoms with E-state index in [4.69, 9.17) is 14.2 Å². The van der Waals surface area contributed by atoms with E-state index < -0.39 is 29.9 Å². The Morgan fingerprint density at radius 3 is 1.75 bits per heavy atom. The average molecular weight is 453 g/mol. The summed E-state index contributed by atoms with van der Waals surface area (Å²) in [7, 11) is 0. The van der Waals surface area contributed by atoms with Crippen molar-refractivity contribution in [3.8, 4) is 0 Å². The van der Waals surface area contributed by atoms with Crippen LogP contribution in [0.3, 0.4) is 0 Å². The highest BCUT2D eigenvalue weighted by Crippen LogP contribution is 2.36. The summed E-state index contributed by atoms with van der Waals surface area (Å²) in [5, 5.41) is 20.8. The van der Waals surface area contributed by atoms with Crippen molar-refractivity contribution in [2.75, 3.05) is 6.61 Å². The standard InChI is InChI=1S/C26H28O5S/c27-16-22-23(28)24(29-17-19-10-4-1-5-11-19)25(30-18-20-12-6-2-7-13-20)26(31-22)32-21-14-8-3-9-15-21/h1-15,22-28H,16-18H2/t22-,23-,24+,25+,26+/m0/s1. The van der Waals surface area contributed by atoms with Crippen LogP contribution < -0.4 is 0 Å². The van der Waals surface area contributed by atoms with Crippen LogP contribution in [0.4, 0.5) is 0 Å². The van der Waals surface area contributed by atoms with Gasteiger partial charge in [0.1, 0.15) is 29.9 Å². The van der Waals surface area contributed by atoms with E-state index in [2.05, 4.69) is 0 Å². The van der Waals surface area contributed by atoms with Gasteiger partial charge in [-0.1, -0.05) is 90.6 Å². The molecule has 32 heavy (non-hydrogen) atoms. The van der Waals surface area contributed by atoms with Gasteiger partial charge in [-0.2, -0.15) is 0 Å². The Labute approximate surface area is 193 Å². The second-order valence-electron chi connectivity index (χ2n) is 7.67. The van der Waals surface area contributed by atoms with Gasteiger partial charge in [-0.25, -0.2) is 0 Å². The van der Waals surface area contributed by atoms with Crippen LogP contribution in [0.2, 0.25) is 0 Å². The second-order valence-corrected chi connectivity index (χ2v) is 8.84. The van der Waals surface area contributed by atoms with Gasteiger partial charge in [-0.15, -0.1) is 0 Å². The number of aliphatic hydroxyl groups is 2. The quantitative estimate of drug-likeness (QED) is 0.511. The minimum atomic E-state index is -1.02. The first-order valence-corrected chi connectivity index (χ1v) is 11.6. The predicted molar refractivity (Wildman–Crippen MR) is 124 cm³/mol. The predicted octanol–water partition coefficient (Wildman–Crippen LogP) is 4.03. The Morgan fingerprint density at radius 2 is 1.22 bits per heavy atom. The van der Waals surface area contributed by atoms with Crippen LogP contribution in [-0.2, 0) is 27.4 Å². The topological polar surface area (TPSA) is 68.2 Å². The van der Waals surface area contributed by atoms with Crippen molar-refractivity contribution in [2.24, 2.45) is 0 Å². The first-order valence-electron chi connectivity index (χ1n) is 10.7. The number of hydrogen-bond donors (Lipinski definition) is 2. The molecule has 4 rings (SSSR count). The van der Waals surface area contributed by atoms with Gasteiger partial charge in [0.05, 0.1) is 19.8 Å². The normalized spacial score (nSPS) is 25.5. The maximum Gasteiger partial charge on any atom is 0.137 e. The zero-order valence-corrected chi connectivity index (χ0v) is 18.5. The van der Waals surface area contributed by atoms with E-state index in [9.17, 15) is 10.2 Å². The minimum Gasteiger partial charge on any atom is -0.394 e. The van der Waals surface area contributed by atoms with Gasteiger partial charge < -0.3 is 24.4 Å². The molecule has 0 saturated carbocycles. The minimum absolute atomic E-state index is 0.302. The maximum atomic E-state index is 11.0. The third-order valence-corrected chi connectivity index (χ3v) is 6.52. The third-order valence-electron chi connectivity index (χ3n) is 5.36. The van der Waals surface area contributed by atoms with Crippen molar-refractivity contribution in [1.29, 1.82) is 0 Å². The summed E-state index contributed by atoms with van der Waals surface area (Å²) in [5.41, 5.74) is 1.57. The molecule has 0 unspecified atom stereocenters. The van der Waals surface area contributed by atoms with Crippen LogP contribution >= 0.6 is 11.8 Å². The molecule has 1 heterocycles. The lowest BCUT2D eigenvalue weighted by Crippen LogP contribution is -2.59. The monoisotopic (exact) mass is 452 g/mol. The van der Waals surface area contributed by atoms with Crippen molar-refractivity contribution in [2.45, 2.75) is 48.0 Å². The molecule has 0 aromatic heterocycles. The molecular weight excluding hydrogens is 424 g/mol. The number of thioether (sulfide) groups is 1. The molecule has 0 bridgehead atoms. The van der Waals surface area contributed by atoms with Crippen LogP contribution in [0, 0.1) is 0 Å². The first-order chi connectivity index (χ1) is 15.7. The largest absolute Gasteiger partial charge is 0.394 e. The third kappa shape index (κ3) is 5.98. The van der Waals surface area contributed by atoms with Gasteiger partial charge in [0, 0.05) is 4.90 Å². The SMILES string of the molecule is OC[C@@H]1O[C@H](Sc2ccccc2)[C@H](OCc2ccccc2)[C@H](OCc2ccccc2)[C@H]1O. The Hall–Kier alpha value is -2.19. The molecule has 1 aliphatic rings. The maximum absolute atomic E-state index is 11.0. The van der Waals surface area contributed by atoms with E-state index in [1.165, 1.54) is 11.8 Å². The van der Waals surface area contributed by atoms with Gasteiger partial charge in [0.15, 0.2) is 0 Å². The zero-order chi connectivity index (χ0) is 22.2. The molecule has 5 nitrogen and oxygen atoms in total. The van der Waals surface area contributed by atoms with Gasteiger partial charge in [-0.05, 0) is 23.3 Å². The fraction of sp³-hybridized carbons (Fsp3) is 0.308. The van der Waals surface area contributed by atoms with Gasteiger partial charge in [0.2, 0.25) is 0 Å². The summed E-state index contributed by atoms with van der Waals surface area (Å²) >= 11 is 1.50. The zero-order valence-electron chi connectivity index (χ0n) is 17.7. The van der Waals surface area contributed by atoms with Crippen molar-refractivity contribution in [3.05, 3.63) is 102 Å². The van der Waals surface area contributed by atoms with Crippen LogP contribution in [0.5, 0.6) is 0 Å². The Morgan fingerprint density at radius 1 is 0.719 bits per heavy atom. The highest BCUT2D eigenvalue weighted by atomic mass is 32.2. The number of aliphatic hydroxyl groups excluding tert-OH is 2. The van der Waals surface area contributed by atoms with Crippen LogP contribution in [0.1, 0.15) is 11.1 Å². The van der Waals surface area contributed by atoms with Crippen molar-refractivity contribution < 1.29 is 24.4 Å². The number of rotatable bonds is 9. The van der Waals surface area contributed by atoms with Crippen LogP contribution in [-0.4, -0.2) is 46.7 Å². The lowest BCUT2D eigenvalue weighted by Gasteiger charge is -2.43. The lowest BCUT2D eigenvalue weighted by molar-refractivity contribution is -0.237. The summed E-state index contributed by atoms with van der Waals surface area (Å²) in [6.45, 7) is 0.390. The Bertz CT molecular complexity index is 925. The molecule has 1 aliphatic heterocycles. The fourth-order valence-corrected chi connectivity index (χ4v) is 4.82. The number of benzene rings is 3. The summed E-state index contributed by atoms with van der Waals surface area (Å²) < 4.78 is 18.6. The molecule has 0 radical (unpaired) electrons. The smallest absolute Gasteiger partial charge is 0.137 e. The molecule has 3 aromatic rings. The summed E-state index contributed by atoms with van der Waals surface area (Å²) in [6.07, 6.45) is -2.97. The number of ether oxygens (including phenoxy) is 3. The molecule has 2 N–H and O–H groups in total. The van der Waals surface area contributed by atoms with E-state index in [1.54, 1.807) is 0 Å². The van der Waals surface area contributed by atoms with Crippen molar-refractivity contribution in [3.63, 3.8) is 0 Å². The lowest BCUT2D eigenvalue weighted by atomic mass is 9.99. The van der Waals surface area contributed by atoms with Crippen molar-refractivity contribution >= 4 is 11.8 Å². The van der Waals surface area contributed by atoms with Crippen LogP contribution in [0.15, 0.2) is 95.9 Å². The molecule has 0 spiro atoms. The van der Waals surface area contributed by atoms with E-state index in [0.29, 0.717) is 13.2 Å². The molecular formula is C26H28O5S. The first kappa shape index (κ1) is 23.0. The molecule has 0 amide bonds. The van der Waals surface area contributed by atoms with E-state index in [0.717, 1.165) is 16.0 Å². The van der Waals surface area contributed by atoms with E-state index in [-0.39, 0.29) is 6.61 Å². The highest BCUT2D eigenvalue weighted by Gasteiger charge is 2.47. The summed E-state index contributed by atoms with van der Waals surface area (Å²) in [5.74, 6) is 0. The summed E-state index contributed by atoms with van der Waals surface area (Å²) in [4.78, 5) is 1.01. The van der Waals surface area contributed by atoms with Crippen molar-refractivity contribution in [1.82, 2.24) is 0 Å². The van der Waals surface area contributed by atoms with E-state index >= 15 is 0 Å². The number of hydrogen-bond acceptors (Lipinski definition) is 6. The van der Waals surface area contributed by atoms with Gasteiger partial charge in [0.25, 0.3) is 0 Å². The van der Waals surface area contributed by atoms with Gasteiger partial charge in [-0.3, -0.25) is 0 Å². The molecule has 0 aliphatic carbocycles.